The number of halogens is 1. The molecule has 0 fully saturated rings. The first-order valence-electron chi connectivity index (χ1n) is 9.41. The van der Waals surface area contributed by atoms with E-state index in [-0.39, 0.29) is 17.8 Å². The number of nitrogens with zero attached hydrogens (tertiary/aromatic N) is 2. The van der Waals surface area contributed by atoms with Gasteiger partial charge in [0.1, 0.15) is 5.82 Å². The lowest BCUT2D eigenvalue weighted by Gasteiger charge is -2.37. The van der Waals surface area contributed by atoms with Gasteiger partial charge in [-0.15, -0.1) is 0 Å². The van der Waals surface area contributed by atoms with Gasteiger partial charge in [0.25, 0.3) is 5.91 Å². The van der Waals surface area contributed by atoms with Gasteiger partial charge in [-0.05, 0) is 46.7 Å². The average Bonchev–Trinajstić information content (AvgIpc) is 3.21. The van der Waals surface area contributed by atoms with E-state index in [1.54, 1.807) is 6.07 Å². The zero-order valence-corrected chi connectivity index (χ0v) is 15.3. The number of carbonyl (C=O) groups is 1. The summed E-state index contributed by atoms with van der Waals surface area (Å²) in [5, 5.41) is 1.98. The SMILES string of the molecule is O=C(c1cccc2ccccc12)N1CCn2cccc2[C@@H]1c1cccc(F)c1. The highest BCUT2D eigenvalue weighted by Gasteiger charge is 2.33. The van der Waals surface area contributed by atoms with Crippen LogP contribution < -0.4 is 0 Å². The lowest BCUT2D eigenvalue weighted by atomic mass is 9.97. The quantitative estimate of drug-likeness (QED) is 0.486. The standard InChI is InChI=1S/C24H19FN2O/c25-19-9-3-8-18(16-19)23-22-12-5-13-26(22)14-15-27(23)24(28)21-11-4-7-17-6-1-2-10-20(17)21/h1-13,16,23H,14-15H2/t23-/m0/s1. The summed E-state index contributed by atoms with van der Waals surface area (Å²) in [6.45, 7) is 1.30. The molecule has 0 N–H and O–H groups in total. The van der Waals surface area contributed by atoms with E-state index in [1.807, 2.05) is 71.8 Å². The van der Waals surface area contributed by atoms with Gasteiger partial charge in [-0.1, -0.05) is 48.5 Å². The smallest absolute Gasteiger partial charge is 0.255 e. The van der Waals surface area contributed by atoms with Gasteiger partial charge in [0.2, 0.25) is 0 Å². The molecule has 1 aliphatic rings. The second-order valence-corrected chi connectivity index (χ2v) is 7.11. The molecule has 0 radical (unpaired) electrons. The molecule has 1 amide bonds. The summed E-state index contributed by atoms with van der Waals surface area (Å²) < 4.78 is 16.1. The molecule has 138 valence electrons. The van der Waals surface area contributed by atoms with E-state index in [2.05, 4.69) is 4.57 Å². The van der Waals surface area contributed by atoms with Gasteiger partial charge in [0.15, 0.2) is 0 Å². The average molecular weight is 370 g/mol. The second kappa shape index (κ2) is 6.64. The Morgan fingerprint density at radius 1 is 0.893 bits per heavy atom. The Hall–Kier alpha value is -3.40. The Morgan fingerprint density at radius 3 is 2.61 bits per heavy atom. The Kier molecular flexibility index (Phi) is 3.97. The van der Waals surface area contributed by atoms with Crippen LogP contribution in [-0.2, 0) is 6.54 Å². The molecule has 0 aliphatic carbocycles. The third kappa shape index (κ3) is 2.69. The number of hydrogen-bond donors (Lipinski definition) is 0. The van der Waals surface area contributed by atoms with E-state index in [1.165, 1.54) is 12.1 Å². The highest BCUT2D eigenvalue weighted by molar-refractivity contribution is 6.07. The first-order chi connectivity index (χ1) is 13.7. The maximum Gasteiger partial charge on any atom is 0.255 e. The van der Waals surface area contributed by atoms with Crippen LogP contribution in [0.1, 0.15) is 27.7 Å². The fourth-order valence-corrected chi connectivity index (χ4v) is 4.20. The van der Waals surface area contributed by atoms with Crippen molar-refractivity contribution in [2.75, 3.05) is 6.54 Å². The molecule has 1 atom stereocenters. The van der Waals surface area contributed by atoms with Crippen molar-refractivity contribution >= 4 is 16.7 Å². The normalized spacial score (nSPS) is 16.2. The van der Waals surface area contributed by atoms with E-state index < -0.39 is 0 Å². The van der Waals surface area contributed by atoms with Gasteiger partial charge in [0.05, 0.1) is 6.04 Å². The molecule has 1 aliphatic heterocycles. The fraction of sp³-hybridized carbons (Fsp3) is 0.125. The summed E-state index contributed by atoms with van der Waals surface area (Å²) in [5.74, 6) is -0.322. The molecule has 0 saturated carbocycles. The molecule has 0 unspecified atom stereocenters. The topological polar surface area (TPSA) is 25.2 Å². The molecule has 28 heavy (non-hydrogen) atoms. The summed E-state index contributed by atoms with van der Waals surface area (Å²) in [5.41, 5.74) is 2.47. The molecule has 5 rings (SSSR count). The van der Waals surface area contributed by atoms with Crippen molar-refractivity contribution in [2.45, 2.75) is 12.6 Å². The minimum Gasteiger partial charge on any atom is -0.348 e. The van der Waals surface area contributed by atoms with E-state index >= 15 is 0 Å². The van der Waals surface area contributed by atoms with Crippen molar-refractivity contribution in [3.05, 3.63) is 108 Å². The van der Waals surface area contributed by atoms with Crippen molar-refractivity contribution in [1.29, 1.82) is 0 Å². The third-order valence-corrected chi connectivity index (χ3v) is 5.48. The Bertz CT molecular complexity index is 1170. The first-order valence-corrected chi connectivity index (χ1v) is 9.41. The summed E-state index contributed by atoms with van der Waals surface area (Å²) in [7, 11) is 0. The second-order valence-electron chi connectivity index (χ2n) is 7.11. The molecule has 3 nitrogen and oxygen atoms in total. The van der Waals surface area contributed by atoms with Crippen LogP contribution >= 0.6 is 0 Å². The van der Waals surface area contributed by atoms with Crippen LogP contribution in [-0.4, -0.2) is 21.9 Å². The number of fused-ring (bicyclic) bond motifs is 2. The van der Waals surface area contributed by atoms with E-state index in [4.69, 9.17) is 0 Å². The van der Waals surface area contributed by atoms with Crippen LogP contribution in [0, 0.1) is 5.82 Å². The Morgan fingerprint density at radius 2 is 1.71 bits per heavy atom. The minimum atomic E-state index is -0.314. The molecule has 2 heterocycles. The molecule has 0 saturated heterocycles. The fourth-order valence-electron chi connectivity index (χ4n) is 4.20. The van der Waals surface area contributed by atoms with Gasteiger partial charge in [0, 0.05) is 30.5 Å². The summed E-state index contributed by atoms with van der Waals surface area (Å²) in [6, 6.07) is 23.9. The van der Waals surface area contributed by atoms with Crippen molar-refractivity contribution in [2.24, 2.45) is 0 Å². The van der Waals surface area contributed by atoms with Crippen LogP contribution in [0.4, 0.5) is 4.39 Å². The molecular formula is C24H19FN2O. The van der Waals surface area contributed by atoms with Crippen LogP contribution in [0.2, 0.25) is 0 Å². The van der Waals surface area contributed by atoms with E-state index in [0.717, 1.165) is 28.6 Å². The number of hydrogen-bond acceptors (Lipinski definition) is 1. The summed E-state index contributed by atoms with van der Waals surface area (Å²) in [4.78, 5) is 15.5. The van der Waals surface area contributed by atoms with Gasteiger partial charge < -0.3 is 9.47 Å². The third-order valence-electron chi connectivity index (χ3n) is 5.48. The zero-order chi connectivity index (χ0) is 19.1. The highest BCUT2D eigenvalue weighted by atomic mass is 19.1. The van der Waals surface area contributed by atoms with Gasteiger partial charge in [-0.3, -0.25) is 4.79 Å². The van der Waals surface area contributed by atoms with Crippen LogP contribution in [0.3, 0.4) is 0 Å². The lowest BCUT2D eigenvalue weighted by molar-refractivity contribution is 0.0666. The predicted octanol–water partition coefficient (Wildman–Crippen LogP) is 5.03. The highest BCUT2D eigenvalue weighted by Crippen LogP contribution is 2.34. The van der Waals surface area contributed by atoms with Crippen LogP contribution in [0.15, 0.2) is 85.1 Å². The minimum absolute atomic E-state index is 0.0292. The van der Waals surface area contributed by atoms with Gasteiger partial charge in [-0.2, -0.15) is 0 Å². The van der Waals surface area contributed by atoms with Crippen molar-refractivity contribution in [1.82, 2.24) is 9.47 Å². The molecule has 3 aromatic carbocycles. The van der Waals surface area contributed by atoms with E-state index in [0.29, 0.717) is 12.1 Å². The number of amides is 1. The Balaban J connectivity index is 1.64. The predicted molar refractivity (Wildman–Crippen MR) is 108 cm³/mol. The first kappa shape index (κ1) is 16.8. The van der Waals surface area contributed by atoms with Crippen molar-refractivity contribution in [3.63, 3.8) is 0 Å². The monoisotopic (exact) mass is 370 g/mol. The maximum absolute atomic E-state index is 14.0. The molecule has 0 spiro atoms. The number of rotatable bonds is 2. The van der Waals surface area contributed by atoms with Crippen LogP contribution in [0.25, 0.3) is 10.8 Å². The molecule has 4 heteroatoms. The van der Waals surface area contributed by atoms with E-state index in [9.17, 15) is 9.18 Å². The number of carbonyl (C=O) groups excluding carboxylic acids is 1. The summed E-state index contributed by atoms with van der Waals surface area (Å²) in [6.07, 6.45) is 2.02. The Labute approximate surface area is 162 Å². The summed E-state index contributed by atoms with van der Waals surface area (Å²) >= 11 is 0. The largest absolute Gasteiger partial charge is 0.348 e. The zero-order valence-electron chi connectivity index (χ0n) is 15.3. The van der Waals surface area contributed by atoms with Crippen molar-refractivity contribution < 1.29 is 9.18 Å². The molecular weight excluding hydrogens is 351 g/mol. The maximum atomic E-state index is 14.0. The molecule has 1 aromatic heterocycles. The van der Waals surface area contributed by atoms with Gasteiger partial charge in [-0.25, -0.2) is 4.39 Å². The van der Waals surface area contributed by atoms with Crippen molar-refractivity contribution in [3.8, 4) is 0 Å². The van der Waals surface area contributed by atoms with Gasteiger partial charge >= 0.3 is 0 Å². The molecule has 0 bridgehead atoms. The molecule has 4 aromatic rings. The van der Waals surface area contributed by atoms with Crippen LogP contribution in [0.5, 0.6) is 0 Å². The number of benzene rings is 3. The lowest BCUT2D eigenvalue weighted by Crippen LogP contribution is -2.42. The number of aromatic nitrogens is 1.